The van der Waals surface area contributed by atoms with Crippen LogP contribution in [0.25, 0.3) is 0 Å². The highest BCUT2D eigenvalue weighted by Gasteiger charge is 2.19. The fourth-order valence-electron chi connectivity index (χ4n) is 1.36. The molecule has 0 spiro atoms. The Morgan fingerprint density at radius 2 is 2.22 bits per heavy atom. The van der Waals surface area contributed by atoms with E-state index in [-0.39, 0.29) is 18.0 Å². The van der Waals surface area contributed by atoms with Gasteiger partial charge in [-0.25, -0.2) is 13.1 Å². The highest BCUT2D eigenvalue weighted by atomic mass is 32.2. The number of aromatic nitrogens is 2. The highest BCUT2D eigenvalue weighted by molar-refractivity contribution is 7.89. The van der Waals surface area contributed by atoms with Gasteiger partial charge < -0.3 is 5.11 Å². The Balaban J connectivity index is 2.13. The van der Waals surface area contributed by atoms with Crippen LogP contribution in [0.1, 0.15) is 10.6 Å². The highest BCUT2D eigenvalue weighted by Crippen LogP contribution is 2.21. The summed E-state index contributed by atoms with van der Waals surface area (Å²) in [7, 11) is -3.63. The van der Waals surface area contributed by atoms with Gasteiger partial charge in [0.1, 0.15) is 0 Å². The van der Waals surface area contributed by atoms with E-state index in [1.165, 1.54) is 23.6 Å². The molecular formula is C10H11N3O3S2. The van der Waals surface area contributed by atoms with Crippen LogP contribution in [-0.2, 0) is 23.2 Å². The summed E-state index contributed by atoms with van der Waals surface area (Å²) in [6.45, 7) is -0.226. The number of thiophene rings is 1. The standard InChI is InChI=1S/C10H11N3O3S2/c14-7-9-10(3-5-17-9)18(15,16)12-6-8-2-1-4-11-13-8/h1-5,12,14H,6-7H2. The second-order valence-corrected chi connectivity index (χ2v) is 6.14. The summed E-state index contributed by atoms with van der Waals surface area (Å²) >= 11 is 1.20. The van der Waals surface area contributed by atoms with Gasteiger partial charge in [0.15, 0.2) is 0 Å². The van der Waals surface area contributed by atoms with E-state index in [2.05, 4.69) is 14.9 Å². The van der Waals surface area contributed by atoms with E-state index in [1.807, 2.05) is 0 Å². The number of aliphatic hydroxyl groups is 1. The van der Waals surface area contributed by atoms with Gasteiger partial charge in [-0.1, -0.05) is 0 Å². The van der Waals surface area contributed by atoms with Crippen LogP contribution in [0.3, 0.4) is 0 Å². The van der Waals surface area contributed by atoms with Gasteiger partial charge in [-0.15, -0.1) is 11.3 Å². The molecule has 2 heterocycles. The summed E-state index contributed by atoms with van der Waals surface area (Å²) in [6, 6.07) is 4.83. The zero-order valence-corrected chi connectivity index (χ0v) is 10.9. The molecule has 2 aromatic rings. The van der Waals surface area contributed by atoms with Crippen molar-refractivity contribution < 1.29 is 13.5 Å². The topological polar surface area (TPSA) is 92.2 Å². The van der Waals surface area contributed by atoms with Crippen LogP contribution in [0.15, 0.2) is 34.7 Å². The smallest absolute Gasteiger partial charge is 0.242 e. The van der Waals surface area contributed by atoms with Gasteiger partial charge in [0, 0.05) is 11.1 Å². The monoisotopic (exact) mass is 285 g/mol. The molecule has 0 unspecified atom stereocenters. The Hall–Kier alpha value is -1.35. The lowest BCUT2D eigenvalue weighted by atomic mass is 10.4. The third kappa shape index (κ3) is 2.91. The number of sulfonamides is 1. The van der Waals surface area contributed by atoms with Crippen molar-refractivity contribution in [1.82, 2.24) is 14.9 Å². The Morgan fingerprint density at radius 3 is 2.89 bits per heavy atom. The second kappa shape index (κ2) is 5.53. The van der Waals surface area contributed by atoms with Gasteiger partial charge in [-0.3, -0.25) is 0 Å². The Bertz CT molecular complexity index is 610. The van der Waals surface area contributed by atoms with Gasteiger partial charge in [0.05, 0.1) is 23.7 Å². The van der Waals surface area contributed by atoms with E-state index in [0.29, 0.717) is 10.6 Å². The normalized spacial score (nSPS) is 11.6. The maximum Gasteiger partial charge on any atom is 0.242 e. The molecule has 0 aliphatic carbocycles. The first kappa shape index (κ1) is 13.1. The molecule has 0 bridgehead atoms. The van der Waals surface area contributed by atoms with E-state index >= 15 is 0 Å². The fraction of sp³-hybridized carbons (Fsp3) is 0.200. The molecule has 0 amide bonds. The first-order valence-corrected chi connectivity index (χ1v) is 7.43. The van der Waals surface area contributed by atoms with E-state index < -0.39 is 10.0 Å². The zero-order valence-electron chi connectivity index (χ0n) is 9.28. The summed E-state index contributed by atoms with van der Waals surface area (Å²) < 4.78 is 26.4. The third-order valence-electron chi connectivity index (χ3n) is 2.21. The number of hydrogen-bond donors (Lipinski definition) is 2. The molecule has 2 N–H and O–H groups in total. The van der Waals surface area contributed by atoms with Crippen LogP contribution in [0.2, 0.25) is 0 Å². The average molecular weight is 285 g/mol. The number of aliphatic hydroxyl groups excluding tert-OH is 1. The van der Waals surface area contributed by atoms with Crippen molar-refractivity contribution >= 4 is 21.4 Å². The van der Waals surface area contributed by atoms with Crippen LogP contribution in [0, 0.1) is 0 Å². The molecule has 0 fully saturated rings. The van der Waals surface area contributed by atoms with Gasteiger partial charge in [-0.05, 0) is 23.6 Å². The Morgan fingerprint density at radius 1 is 1.39 bits per heavy atom. The molecule has 2 aromatic heterocycles. The molecule has 18 heavy (non-hydrogen) atoms. The van der Waals surface area contributed by atoms with E-state index in [9.17, 15) is 8.42 Å². The molecule has 0 saturated heterocycles. The largest absolute Gasteiger partial charge is 0.391 e. The first-order chi connectivity index (χ1) is 8.63. The number of hydrogen-bond acceptors (Lipinski definition) is 6. The molecule has 96 valence electrons. The van der Waals surface area contributed by atoms with Crippen LogP contribution in [0.4, 0.5) is 0 Å². The fourth-order valence-corrected chi connectivity index (χ4v) is 3.65. The van der Waals surface area contributed by atoms with Gasteiger partial charge in [0.25, 0.3) is 0 Å². The number of rotatable bonds is 5. The molecule has 0 aromatic carbocycles. The molecule has 0 saturated carbocycles. The average Bonchev–Trinajstić information content (AvgIpc) is 2.87. The van der Waals surface area contributed by atoms with Crippen LogP contribution >= 0.6 is 11.3 Å². The number of nitrogens with zero attached hydrogens (tertiary/aromatic N) is 2. The molecule has 0 atom stereocenters. The predicted molar refractivity (Wildman–Crippen MR) is 66.3 cm³/mol. The summed E-state index contributed by atoms with van der Waals surface area (Å²) in [5, 5.41) is 18.1. The number of nitrogens with one attached hydrogen (secondary N) is 1. The summed E-state index contributed by atoms with van der Waals surface area (Å²) in [6.07, 6.45) is 1.51. The predicted octanol–water partition coefficient (Wildman–Crippen LogP) is 0.509. The van der Waals surface area contributed by atoms with Gasteiger partial charge >= 0.3 is 0 Å². The summed E-state index contributed by atoms with van der Waals surface area (Å²) in [5.74, 6) is 0. The van der Waals surface area contributed by atoms with Gasteiger partial charge in [0.2, 0.25) is 10.0 Å². The molecule has 0 radical (unpaired) electrons. The minimum atomic E-state index is -3.63. The molecule has 8 heteroatoms. The van der Waals surface area contributed by atoms with Gasteiger partial charge in [-0.2, -0.15) is 10.2 Å². The molecular weight excluding hydrogens is 274 g/mol. The maximum absolute atomic E-state index is 12.0. The van der Waals surface area contributed by atoms with E-state index in [0.717, 1.165) is 0 Å². The Labute approximate surface area is 108 Å². The quantitative estimate of drug-likeness (QED) is 0.835. The molecule has 0 aliphatic rings. The van der Waals surface area contributed by atoms with Crippen molar-refractivity contribution in [2.24, 2.45) is 0 Å². The van der Waals surface area contributed by atoms with Crippen molar-refractivity contribution in [3.8, 4) is 0 Å². The SMILES string of the molecule is O=S(=O)(NCc1cccnn1)c1ccsc1CO. The van der Waals surface area contributed by atoms with Crippen molar-refractivity contribution in [3.05, 3.63) is 40.3 Å². The van der Waals surface area contributed by atoms with Crippen molar-refractivity contribution in [2.75, 3.05) is 0 Å². The minimum absolute atomic E-state index is 0.0664. The third-order valence-corrected chi connectivity index (χ3v) is 4.73. The van der Waals surface area contributed by atoms with Crippen LogP contribution < -0.4 is 4.72 Å². The minimum Gasteiger partial charge on any atom is -0.391 e. The molecule has 0 aliphatic heterocycles. The lowest BCUT2D eigenvalue weighted by molar-refractivity contribution is 0.282. The van der Waals surface area contributed by atoms with Crippen LogP contribution in [-0.4, -0.2) is 23.7 Å². The van der Waals surface area contributed by atoms with Crippen molar-refractivity contribution in [3.63, 3.8) is 0 Å². The first-order valence-electron chi connectivity index (χ1n) is 5.07. The summed E-state index contributed by atoms with van der Waals surface area (Å²) in [4.78, 5) is 0.528. The van der Waals surface area contributed by atoms with E-state index in [4.69, 9.17) is 5.11 Å². The van der Waals surface area contributed by atoms with Crippen molar-refractivity contribution in [2.45, 2.75) is 18.0 Å². The molecule has 6 nitrogen and oxygen atoms in total. The summed E-state index contributed by atoms with van der Waals surface area (Å²) in [5.41, 5.74) is 0.529. The van der Waals surface area contributed by atoms with Crippen molar-refractivity contribution in [1.29, 1.82) is 0 Å². The maximum atomic E-state index is 12.0. The van der Waals surface area contributed by atoms with E-state index in [1.54, 1.807) is 17.5 Å². The van der Waals surface area contributed by atoms with Crippen LogP contribution in [0.5, 0.6) is 0 Å². The lowest BCUT2D eigenvalue weighted by Gasteiger charge is -2.05. The second-order valence-electron chi connectivity index (χ2n) is 3.41. The lowest BCUT2D eigenvalue weighted by Crippen LogP contribution is -2.24. The zero-order chi connectivity index (χ0) is 13.0. The Kier molecular flexibility index (Phi) is 4.02. The molecule has 2 rings (SSSR count).